The Morgan fingerprint density at radius 2 is 0.941 bits per heavy atom. The zero-order valence-corrected chi connectivity index (χ0v) is 33.6. The van der Waals surface area contributed by atoms with Crippen LogP contribution >= 0.6 is 0 Å². The summed E-state index contributed by atoms with van der Waals surface area (Å²) in [6, 6.07) is -0.664. The summed E-state index contributed by atoms with van der Waals surface area (Å²) in [7, 11) is 0. The molecule has 2 atom stereocenters. The summed E-state index contributed by atoms with van der Waals surface area (Å²) in [5.41, 5.74) is 0. The molecule has 0 spiro atoms. The van der Waals surface area contributed by atoms with Crippen LogP contribution in [0.3, 0.4) is 0 Å². The highest BCUT2D eigenvalue weighted by atomic mass is 16.5. The number of rotatable bonds is 39. The van der Waals surface area contributed by atoms with Gasteiger partial charge in [0.15, 0.2) is 0 Å². The van der Waals surface area contributed by atoms with E-state index in [0.29, 0.717) is 19.4 Å². The fraction of sp³-hybridized carbons (Fsp3) is 0.822. The minimum atomic E-state index is -0.874. The summed E-state index contributed by atoms with van der Waals surface area (Å²) in [5.74, 6) is -0.181. The van der Waals surface area contributed by atoms with Crippen molar-refractivity contribution in [1.29, 1.82) is 0 Å². The van der Waals surface area contributed by atoms with Crippen molar-refractivity contribution < 1.29 is 24.5 Å². The molecule has 0 aromatic carbocycles. The highest BCUT2D eigenvalue weighted by Crippen LogP contribution is 2.13. The first-order valence-corrected chi connectivity index (χ1v) is 21.8. The first kappa shape index (κ1) is 49.1. The molecule has 298 valence electrons. The van der Waals surface area contributed by atoms with Gasteiger partial charge in [-0.25, -0.2) is 0 Å². The summed E-state index contributed by atoms with van der Waals surface area (Å²) in [6.45, 7) is 4.75. The topological polar surface area (TPSA) is 95.9 Å². The Balaban J connectivity index is 3.63. The van der Waals surface area contributed by atoms with Gasteiger partial charge in [-0.3, -0.25) is 9.59 Å². The molecule has 0 saturated carbocycles. The maximum Gasteiger partial charge on any atom is 0.305 e. The lowest BCUT2D eigenvalue weighted by Gasteiger charge is -2.19. The number of allylic oxidation sites excluding steroid dienone is 5. The highest BCUT2D eigenvalue weighted by molar-refractivity contribution is 5.76. The van der Waals surface area contributed by atoms with E-state index >= 15 is 0 Å². The third-order valence-electron chi connectivity index (χ3n) is 9.63. The average molecular weight is 718 g/mol. The Bertz CT molecular complexity index is 838. The van der Waals surface area contributed by atoms with Gasteiger partial charge in [0.2, 0.25) is 5.91 Å². The number of hydrogen-bond acceptors (Lipinski definition) is 5. The summed E-state index contributed by atoms with van der Waals surface area (Å²) in [6.07, 6.45) is 47.0. The van der Waals surface area contributed by atoms with Crippen LogP contribution in [-0.2, 0) is 14.3 Å². The number of carbonyl (C=O) groups excluding carboxylic acids is 2. The highest BCUT2D eigenvalue weighted by Gasteiger charge is 2.17. The van der Waals surface area contributed by atoms with Crippen molar-refractivity contribution in [2.24, 2.45) is 0 Å². The number of unbranched alkanes of at least 4 members (excludes halogenated alkanes) is 24. The Kier molecular flexibility index (Phi) is 39.3. The Morgan fingerprint density at radius 3 is 1.47 bits per heavy atom. The zero-order valence-electron chi connectivity index (χ0n) is 33.6. The van der Waals surface area contributed by atoms with Gasteiger partial charge < -0.3 is 20.3 Å². The molecule has 0 saturated heterocycles. The van der Waals surface area contributed by atoms with E-state index in [4.69, 9.17) is 4.74 Å². The molecule has 0 rings (SSSR count). The van der Waals surface area contributed by atoms with Crippen molar-refractivity contribution in [1.82, 2.24) is 5.32 Å². The average Bonchev–Trinajstić information content (AvgIpc) is 3.13. The SMILES string of the molecule is CCCCC/C=C\CCCCCCCC(=O)OCCCCCC/C=C\CCCC(=O)NC(CO)C(O)/C=C/CCCCCCCCCCCCC. The fourth-order valence-corrected chi connectivity index (χ4v) is 6.22. The number of hydrogen-bond donors (Lipinski definition) is 3. The van der Waals surface area contributed by atoms with Crippen molar-refractivity contribution in [3.8, 4) is 0 Å². The minimum absolute atomic E-state index is 0.0495. The van der Waals surface area contributed by atoms with Gasteiger partial charge in [0.25, 0.3) is 0 Å². The molecule has 6 heteroatoms. The first-order valence-electron chi connectivity index (χ1n) is 21.8. The summed E-state index contributed by atoms with van der Waals surface area (Å²) < 4.78 is 5.40. The number of aliphatic hydroxyl groups is 2. The molecular weight excluding hydrogens is 634 g/mol. The van der Waals surface area contributed by atoms with E-state index in [2.05, 4.69) is 43.5 Å². The number of amides is 1. The van der Waals surface area contributed by atoms with Crippen LogP contribution < -0.4 is 5.32 Å². The number of aliphatic hydroxyl groups excluding tert-OH is 2. The molecule has 51 heavy (non-hydrogen) atoms. The van der Waals surface area contributed by atoms with Crippen LogP contribution in [0.5, 0.6) is 0 Å². The van der Waals surface area contributed by atoms with E-state index < -0.39 is 12.1 Å². The fourth-order valence-electron chi connectivity index (χ4n) is 6.22. The molecule has 0 aliphatic rings. The second-order valence-corrected chi connectivity index (χ2v) is 14.7. The molecule has 0 aliphatic heterocycles. The smallest absolute Gasteiger partial charge is 0.305 e. The molecule has 0 bridgehead atoms. The van der Waals surface area contributed by atoms with Gasteiger partial charge in [-0.1, -0.05) is 159 Å². The van der Waals surface area contributed by atoms with Gasteiger partial charge >= 0.3 is 5.97 Å². The van der Waals surface area contributed by atoms with Gasteiger partial charge in [-0.2, -0.15) is 0 Å². The second-order valence-electron chi connectivity index (χ2n) is 14.7. The third kappa shape index (κ3) is 37.6. The van der Waals surface area contributed by atoms with Crippen molar-refractivity contribution in [2.45, 2.75) is 225 Å². The third-order valence-corrected chi connectivity index (χ3v) is 9.63. The van der Waals surface area contributed by atoms with Gasteiger partial charge in [0.05, 0.1) is 25.4 Å². The lowest BCUT2D eigenvalue weighted by molar-refractivity contribution is -0.143. The molecular formula is C45H83NO5. The van der Waals surface area contributed by atoms with Crippen LogP contribution in [-0.4, -0.2) is 47.4 Å². The van der Waals surface area contributed by atoms with E-state index in [1.54, 1.807) is 6.08 Å². The van der Waals surface area contributed by atoms with Crippen LogP contribution in [0.15, 0.2) is 36.5 Å². The molecule has 0 aliphatic carbocycles. The summed E-state index contributed by atoms with van der Waals surface area (Å²) in [4.78, 5) is 24.3. The van der Waals surface area contributed by atoms with Crippen LogP contribution in [0, 0.1) is 0 Å². The van der Waals surface area contributed by atoms with Gasteiger partial charge in [-0.05, 0) is 77.0 Å². The maximum atomic E-state index is 12.3. The molecule has 2 unspecified atom stereocenters. The number of nitrogens with one attached hydrogen (secondary N) is 1. The van der Waals surface area contributed by atoms with Gasteiger partial charge in [0.1, 0.15) is 0 Å². The van der Waals surface area contributed by atoms with Gasteiger partial charge in [-0.15, -0.1) is 0 Å². The van der Waals surface area contributed by atoms with Gasteiger partial charge in [0, 0.05) is 12.8 Å². The number of carbonyl (C=O) groups is 2. The quantitative estimate of drug-likeness (QED) is 0.0334. The molecule has 3 N–H and O–H groups in total. The molecule has 0 aromatic rings. The van der Waals surface area contributed by atoms with Crippen molar-refractivity contribution in [3.05, 3.63) is 36.5 Å². The Labute approximate surface area is 315 Å². The largest absolute Gasteiger partial charge is 0.466 e. The van der Waals surface area contributed by atoms with E-state index in [1.807, 2.05) is 6.08 Å². The van der Waals surface area contributed by atoms with E-state index in [1.165, 1.54) is 116 Å². The predicted molar refractivity (Wildman–Crippen MR) is 218 cm³/mol. The monoisotopic (exact) mass is 718 g/mol. The summed E-state index contributed by atoms with van der Waals surface area (Å²) in [5, 5.41) is 22.9. The number of ether oxygens (including phenoxy) is 1. The van der Waals surface area contributed by atoms with Crippen molar-refractivity contribution in [2.75, 3.05) is 13.2 Å². The summed E-state index contributed by atoms with van der Waals surface area (Å²) >= 11 is 0. The second kappa shape index (κ2) is 40.8. The normalized spacial score (nSPS) is 13.1. The predicted octanol–water partition coefficient (Wildman–Crippen LogP) is 12.2. The Hall–Kier alpha value is -1.92. The van der Waals surface area contributed by atoms with Crippen LogP contribution in [0.2, 0.25) is 0 Å². The van der Waals surface area contributed by atoms with Crippen LogP contribution in [0.4, 0.5) is 0 Å². The maximum absolute atomic E-state index is 12.3. The molecule has 0 fully saturated rings. The molecule has 1 amide bonds. The van der Waals surface area contributed by atoms with E-state index in [0.717, 1.165) is 70.6 Å². The van der Waals surface area contributed by atoms with Crippen LogP contribution in [0.1, 0.15) is 213 Å². The molecule has 6 nitrogen and oxygen atoms in total. The standard InChI is InChI=1S/C45H83NO5/c1-3-5-7-9-11-13-15-17-18-21-25-29-33-37-43(48)42(41-47)46-44(49)38-34-30-26-22-20-24-28-32-36-40-51-45(50)39-35-31-27-23-19-16-14-12-10-8-6-4-2/h12,14,22,26,33,37,42-43,47-48H,3-11,13,15-21,23-25,27-32,34-36,38-41H2,1-2H3,(H,46,49)/b14-12-,26-22-,37-33+. The molecule has 0 radical (unpaired) electrons. The van der Waals surface area contributed by atoms with E-state index in [9.17, 15) is 19.8 Å². The Morgan fingerprint density at radius 1 is 0.529 bits per heavy atom. The minimum Gasteiger partial charge on any atom is -0.466 e. The van der Waals surface area contributed by atoms with Crippen LogP contribution in [0.25, 0.3) is 0 Å². The first-order chi connectivity index (χ1) is 25.0. The lowest BCUT2D eigenvalue weighted by Crippen LogP contribution is -2.45. The lowest BCUT2D eigenvalue weighted by atomic mass is 10.0. The van der Waals surface area contributed by atoms with Crippen molar-refractivity contribution >= 4 is 11.9 Å². The molecule has 0 aromatic heterocycles. The molecule has 0 heterocycles. The zero-order chi connectivity index (χ0) is 37.3. The van der Waals surface area contributed by atoms with Crippen molar-refractivity contribution in [3.63, 3.8) is 0 Å². The number of esters is 1. The van der Waals surface area contributed by atoms with E-state index in [-0.39, 0.29) is 18.5 Å².